The number of carbonyl (C=O) groups is 2. The summed E-state index contributed by atoms with van der Waals surface area (Å²) in [6, 6.07) is 17.2. The van der Waals surface area contributed by atoms with Gasteiger partial charge in [-0.2, -0.15) is 0 Å². The highest BCUT2D eigenvalue weighted by Gasteiger charge is 2.14. The Kier molecular flexibility index (Phi) is 7.02. The molecule has 0 aliphatic rings. The Balaban J connectivity index is 1.88. The fourth-order valence-corrected chi connectivity index (χ4v) is 2.65. The normalized spacial score (nSPS) is 10.4. The largest absolute Gasteiger partial charge is 0.341 e. The Morgan fingerprint density at radius 1 is 0.920 bits per heavy atom. The summed E-state index contributed by atoms with van der Waals surface area (Å²) in [5.74, 6) is -0.0281. The van der Waals surface area contributed by atoms with Crippen molar-refractivity contribution in [2.45, 2.75) is 26.4 Å². The summed E-state index contributed by atoms with van der Waals surface area (Å²) in [7, 11) is 1.78. The van der Waals surface area contributed by atoms with Gasteiger partial charge in [0.15, 0.2) is 0 Å². The number of rotatable bonds is 7. The molecule has 4 nitrogen and oxygen atoms in total. The van der Waals surface area contributed by atoms with E-state index in [0.29, 0.717) is 31.1 Å². The lowest BCUT2D eigenvalue weighted by Gasteiger charge is -2.23. The third-order valence-corrected chi connectivity index (χ3v) is 4.27. The van der Waals surface area contributed by atoms with Crippen molar-refractivity contribution in [3.8, 4) is 0 Å². The molecule has 0 atom stereocenters. The first-order chi connectivity index (χ1) is 12.0. The molecule has 0 spiro atoms. The first-order valence-electron chi connectivity index (χ1n) is 8.23. The molecule has 2 aromatic rings. The van der Waals surface area contributed by atoms with Crippen LogP contribution in [0.1, 0.15) is 24.5 Å². The molecule has 2 aromatic carbocycles. The maximum Gasteiger partial charge on any atom is 0.224 e. The third-order valence-electron chi connectivity index (χ3n) is 4.02. The van der Waals surface area contributed by atoms with E-state index < -0.39 is 0 Å². The molecule has 0 saturated heterocycles. The van der Waals surface area contributed by atoms with Crippen molar-refractivity contribution in [2.24, 2.45) is 0 Å². The van der Waals surface area contributed by atoms with Crippen LogP contribution in [0.2, 0.25) is 5.02 Å². The molecule has 2 rings (SSSR count). The zero-order valence-corrected chi connectivity index (χ0v) is 15.4. The van der Waals surface area contributed by atoms with Crippen molar-refractivity contribution < 1.29 is 9.59 Å². The standard InChI is InChI=1S/C20H23ClN2O2/c1-16(24)23(15-18-8-10-19(21)11-9-18)13-12-20(25)22(2)14-17-6-4-3-5-7-17/h3-11H,12-15H2,1-2H3. The van der Waals surface area contributed by atoms with Gasteiger partial charge in [-0.3, -0.25) is 9.59 Å². The summed E-state index contributed by atoms with van der Waals surface area (Å²) in [6.45, 7) is 2.96. The van der Waals surface area contributed by atoms with E-state index >= 15 is 0 Å². The lowest BCUT2D eigenvalue weighted by Crippen LogP contribution is -2.34. The number of hydrogen-bond donors (Lipinski definition) is 0. The lowest BCUT2D eigenvalue weighted by molar-refractivity contribution is -0.133. The van der Waals surface area contributed by atoms with Crippen LogP contribution in [0.4, 0.5) is 0 Å². The van der Waals surface area contributed by atoms with E-state index in [1.54, 1.807) is 29.0 Å². The molecule has 0 fully saturated rings. The van der Waals surface area contributed by atoms with Crippen molar-refractivity contribution in [1.82, 2.24) is 9.80 Å². The molecule has 0 saturated carbocycles. The van der Waals surface area contributed by atoms with Gasteiger partial charge in [0.2, 0.25) is 11.8 Å². The van der Waals surface area contributed by atoms with Crippen molar-refractivity contribution >= 4 is 23.4 Å². The van der Waals surface area contributed by atoms with E-state index in [-0.39, 0.29) is 11.8 Å². The summed E-state index contributed by atoms with van der Waals surface area (Å²) >= 11 is 5.88. The third kappa shape index (κ3) is 6.24. The predicted molar refractivity (Wildman–Crippen MR) is 100 cm³/mol. The minimum atomic E-state index is -0.0477. The van der Waals surface area contributed by atoms with Gasteiger partial charge in [-0.15, -0.1) is 0 Å². The first-order valence-corrected chi connectivity index (χ1v) is 8.61. The van der Waals surface area contributed by atoms with Gasteiger partial charge >= 0.3 is 0 Å². The number of amides is 2. The number of halogens is 1. The molecular formula is C20H23ClN2O2. The highest BCUT2D eigenvalue weighted by molar-refractivity contribution is 6.30. The maximum atomic E-state index is 12.3. The smallest absolute Gasteiger partial charge is 0.224 e. The van der Waals surface area contributed by atoms with Crippen LogP contribution >= 0.6 is 11.6 Å². The predicted octanol–water partition coefficient (Wildman–Crippen LogP) is 3.74. The van der Waals surface area contributed by atoms with E-state index in [4.69, 9.17) is 11.6 Å². The highest BCUT2D eigenvalue weighted by Crippen LogP contribution is 2.12. The second kappa shape index (κ2) is 9.23. The van der Waals surface area contributed by atoms with Crippen molar-refractivity contribution in [1.29, 1.82) is 0 Å². The van der Waals surface area contributed by atoms with Gasteiger partial charge < -0.3 is 9.80 Å². The second-order valence-corrected chi connectivity index (χ2v) is 6.49. The molecule has 25 heavy (non-hydrogen) atoms. The van der Waals surface area contributed by atoms with Gasteiger partial charge in [0.05, 0.1) is 0 Å². The van der Waals surface area contributed by atoms with Crippen molar-refractivity contribution in [3.05, 3.63) is 70.7 Å². The Morgan fingerprint density at radius 2 is 1.52 bits per heavy atom. The second-order valence-electron chi connectivity index (χ2n) is 6.05. The van der Waals surface area contributed by atoms with Crippen LogP contribution in [0, 0.1) is 0 Å². The van der Waals surface area contributed by atoms with Crippen molar-refractivity contribution in [3.63, 3.8) is 0 Å². The van der Waals surface area contributed by atoms with E-state index in [2.05, 4.69) is 0 Å². The topological polar surface area (TPSA) is 40.6 Å². The van der Waals surface area contributed by atoms with Crippen LogP contribution in [-0.2, 0) is 22.7 Å². The van der Waals surface area contributed by atoms with Gasteiger partial charge in [0.1, 0.15) is 0 Å². The molecule has 0 bridgehead atoms. The molecule has 0 unspecified atom stereocenters. The zero-order chi connectivity index (χ0) is 18.2. The van der Waals surface area contributed by atoms with Crippen LogP contribution in [0.5, 0.6) is 0 Å². The molecule has 0 aliphatic carbocycles. The average molecular weight is 359 g/mol. The highest BCUT2D eigenvalue weighted by atomic mass is 35.5. The summed E-state index contributed by atoms with van der Waals surface area (Å²) < 4.78 is 0. The molecule has 0 radical (unpaired) electrons. The fourth-order valence-electron chi connectivity index (χ4n) is 2.52. The van der Waals surface area contributed by atoms with Crippen LogP contribution in [0.15, 0.2) is 54.6 Å². The maximum absolute atomic E-state index is 12.3. The number of hydrogen-bond acceptors (Lipinski definition) is 2. The quantitative estimate of drug-likeness (QED) is 0.756. The molecule has 132 valence electrons. The summed E-state index contributed by atoms with van der Waals surface area (Å²) in [4.78, 5) is 27.6. The molecule has 5 heteroatoms. The van der Waals surface area contributed by atoms with Crippen LogP contribution in [-0.4, -0.2) is 35.2 Å². The van der Waals surface area contributed by atoms with Gasteiger partial charge in [-0.25, -0.2) is 0 Å². The SMILES string of the molecule is CC(=O)N(CCC(=O)N(C)Cc1ccccc1)Cc1ccc(Cl)cc1. The lowest BCUT2D eigenvalue weighted by atomic mass is 10.2. The molecule has 0 aromatic heterocycles. The Bertz CT molecular complexity index is 701. The Morgan fingerprint density at radius 3 is 2.12 bits per heavy atom. The van der Waals surface area contributed by atoms with E-state index in [0.717, 1.165) is 11.1 Å². The van der Waals surface area contributed by atoms with Gasteiger partial charge in [0.25, 0.3) is 0 Å². The molecular weight excluding hydrogens is 336 g/mol. The first kappa shape index (κ1) is 19.0. The van der Waals surface area contributed by atoms with Crippen LogP contribution < -0.4 is 0 Å². The van der Waals surface area contributed by atoms with E-state index in [1.165, 1.54) is 6.92 Å². The average Bonchev–Trinajstić information content (AvgIpc) is 2.60. The monoisotopic (exact) mass is 358 g/mol. The minimum absolute atomic E-state index is 0.0196. The van der Waals surface area contributed by atoms with Gasteiger partial charge in [-0.1, -0.05) is 54.1 Å². The van der Waals surface area contributed by atoms with Gasteiger partial charge in [-0.05, 0) is 23.3 Å². The van der Waals surface area contributed by atoms with E-state index in [9.17, 15) is 9.59 Å². The molecule has 2 amide bonds. The summed E-state index contributed by atoms with van der Waals surface area (Å²) in [5, 5.41) is 0.663. The van der Waals surface area contributed by atoms with Crippen molar-refractivity contribution in [2.75, 3.05) is 13.6 Å². The summed E-state index contributed by atoms with van der Waals surface area (Å²) in [5.41, 5.74) is 2.08. The minimum Gasteiger partial charge on any atom is -0.341 e. The molecule has 0 heterocycles. The Labute approximate surface area is 154 Å². The van der Waals surface area contributed by atoms with Crippen LogP contribution in [0.3, 0.4) is 0 Å². The molecule has 0 N–H and O–H groups in total. The Hall–Kier alpha value is -2.33. The zero-order valence-electron chi connectivity index (χ0n) is 14.6. The van der Waals surface area contributed by atoms with Crippen LogP contribution in [0.25, 0.3) is 0 Å². The number of nitrogens with zero attached hydrogens (tertiary/aromatic N) is 2. The van der Waals surface area contributed by atoms with E-state index in [1.807, 2.05) is 42.5 Å². The molecule has 0 aliphatic heterocycles. The number of carbonyl (C=O) groups excluding carboxylic acids is 2. The number of benzene rings is 2. The fraction of sp³-hybridized carbons (Fsp3) is 0.300. The summed E-state index contributed by atoms with van der Waals surface area (Å²) in [6.07, 6.45) is 0.302. The van der Waals surface area contributed by atoms with Gasteiger partial charge in [0, 0.05) is 45.0 Å².